The molecule has 0 bridgehead atoms. The van der Waals surface area contributed by atoms with Gasteiger partial charge in [0.05, 0.1) is 9.79 Å². The Morgan fingerprint density at radius 3 is 2.30 bits per heavy atom. The summed E-state index contributed by atoms with van der Waals surface area (Å²) in [5.74, 6) is 0.285. The summed E-state index contributed by atoms with van der Waals surface area (Å²) in [6, 6.07) is 9.79. The number of carbonyl (C=O) groups excluding carboxylic acids is 1. The summed E-state index contributed by atoms with van der Waals surface area (Å²) >= 11 is 0. The van der Waals surface area contributed by atoms with Crippen molar-refractivity contribution in [1.82, 2.24) is 9.79 Å². The van der Waals surface area contributed by atoms with Gasteiger partial charge >= 0.3 is 0 Å². The van der Waals surface area contributed by atoms with Gasteiger partial charge in [0.15, 0.2) is 21.3 Å². The molecule has 3 rings (SSSR count). The fourth-order valence-corrected chi connectivity index (χ4v) is 4.88. The molecule has 1 aliphatic rings. The number of hydroxylamine groups is 1. The van der Waals surface area contributed by atoms with Gasteiger partial charge in [-0.2, -0.15) is 4.31 Å². The van der Waals surface area contributed by atoms with Crippen LogP contribution < -0.4 is 15.0 Å². The molecule has 0 saturated heterocycles. The standard InChI is InChI=1S/C18H20N2O8S2/c1-29(23,24)14-3-5-15(6-4-14)30(25,26)20(9-8-18(21)19-22)11-13-2-7-16-17(10-13)28-12-27-16/h2-7,10,22H,8-9,11-12H2,1H3,(H,19,21). The fraction of sp³-hybridized carbons (Fsp3) is 0.278. The van der Waals surface area contributed by atoms with Gasteiger partial charge in [-0.3, -0.25) is 10.0 Å². The molecule has 0 radical (unpaired) electrons. The monoisotopic (exact) mass is 456 g/mol. The van der Waals surface area contributed by atoms with E-state index in [1.165, 1.54) is 29.7 Å². The molecule has 0 spiro atoms. The average molecular weight is 456 g/mol. The van der Waals surface area contributed by atoms with Crippen molar-refractivity contribution in [3.8, 4) is 11.5 Å². The van der Waals surface area contributed by atoms with Crippen LogP contribution >= 0.6 is 0 Å². The van der Waals surface area contributed by atoms with E-state index in [-0.39, 0.29) is 36.1 Å². The number of amides is 1. The molecule has 0 aliphatic carbocycles. The molecule has 162 valence electrons. The van der Waals surface area contributed by atoms with Gasteiger partial charge in [0.2, 0.25) is 22.7 Å². The van der Waals surface area contributed by atoms with Crippen LogP contribution in [0.5, 0.6) is 11.5 Å². The summed E-state index contributed by atoms with van der Waals surface area (Å²) in [7, 11) is -7.55. The largest absolute Gasteiger partial charge is 0.454 e. The number of fused-ring (bicyclic) bond motifs is 1. The van der Waals surface area contributed by atoms with Crippen LogP contribution in [0.1, 0.15) is 12.0 Å². The van der Waals surface area contributed by atoms with Crippen molar-refractivity contribution in [1.29, 1.82) is 0 Å². The lowest BCUT2D eigenvalue weighted by atomic mass is 10.2. The lowest BCUT2D eigenvalue weighted by molar-refractivity contribution is -0.129. The third-order valence-electron chi connectivity index (χ3n) is 4.40. The normalized spacial score (nSPS) is 13.4. The van der Waals surface area contributed by atoms with Crippen LogP contribution in [-0.4, -0.2) is 51.8 Å². The van der Waals surface area contributed by atoms with Crippen LogP contribution in [0.15, 0.2) is 52.3 Å². The second-order valence-electron chi connectivity index (χ2n) is 6.55. The summed E-state index contributed by atoms with van der Waals surface area (Å²) < 4.78 is 61.2. The van der Waals surface area contributed by atoms with E-state index in [0.29, 0.717) is 17.1 Å². The Bertz CT molecular complexity index is 1150. The summed E-state index contributed by atoms with van der Waals surface area (Å²) in [6.45, 7) is -0.216. The summed E-state index contributed by atoms with van der Waals surface area (Å²) in [5.41, 5.74) is 2.07. The smallest absolute Gasteiger partial charge is 0.244 e. The summed E-state index contributed by atoms with van der Waals surface area (Å²) in [5, 5.41) is 8.71. The Hall–Kier alpha value is -2.67. The first-order chi connectivity index (χ1) is 14.1. The average Bonchev–Trinajstić information content (AvgIpc) is 3.18. The summed E-state index contributed by atoms with van der Waals surface area (Å²) in [4.78, 5) is 11.3. The molecule has 2 aromatic rings. The minimum Gasteiger partial charge on any atom is -0.454 e. The number of hydrogen-bond donors (Lipinski definition) is 2. The van der Waals surface area contributed by atoms with Crippen molar-refractivity contribution < 1.29 is 36.3 Å². The highest BCUT2D eigenvalue weighted by atomic mass is 32.2. The molecule has 0 aromatic heterocycles. The van der Waals surface area contributed by atoms with E-state index in [1.807, 2.05) is 0 Å². The topological polar surface area (TPSA) is 139 Å². The van der Waals surface area contributed by atoms with Crippen LogP contribution in [0.4, 0.5) is 0 Å². The lowest BCUT2D eigenvalue weighted by Gasteiger charge is -2.22. The van der Waals surface area contributed by atoms with Gasteiger partial charge in [0.1, 0.15) is 0 Å². The second-order valence-corrected chi connectivity index (χ2v) is 10.5. The van der Waals surface area contributed by atoms with E-state index in [4.69, 9.17) is 14.7 Å². The number of benzene rings is 2. The van der Waals surface area contributed by atoms with Gasteiger partial charge in [0, 0.05) is 25.8 Å². The maximum absolute atomic E-state index is 13.2. The second kappa shape index (κ2) is 8.60. The van der Waals surface area contributed by atoms with Crippen LogP contribution in [0.25, 0.3) is 0 Å². The molecule has 12 heteroatoms. The maximum atomic E-state index is 13.2. The Morgan fingerprint density at radius 2 is 1.67 bits per heavy atom. The van der Waals surface area contributed by atoms with E-state index >= 15 is 0 Å². The van der Waals surface area contributed by atoms with Gasteiger partial charge in [-0.05, 0) is 42.0 Å². The van der Waals surface area contributed by atoms with Crippen molar-refractivity contribution in [3.05, 3.63) is 48.0 Å². The fourth-order valence-electron chi connectivity index (χ4n) is 2.82. The van der Waals surface area contributed by atoms with E-state index in [0.717, 1.165) is 10.6 Å². The third-order valence-corrected chi connectivity index (χ3v) is 7.39. The first-order valence-electron chi connectivity index (χ1n) is 8.73. The molecule has 30 heavy (non-hydrogen) atoms. The van der Waals surface area contributed by atoms with Crippen LogP contribution in [0.3, 0.4) is 0 Å². The molecule has 0 fully saturated rings. The number of sulfone groups is 1. The minimum atomic E-state index is -4.07. The van der Waals surface area contributed by atoms with Gasteiger partial charge in [-0.25, -0.2) is 22.3 Å². The number of rotatable bonds is 8. The molecule has 0 atom stereocenters. The molecule has 2 N–H and O–H groups in total. The SMILES string of the molecule is CS(=O)(=O)c1ccc(S(=O)(=O)N(CCC(=O)NO)Cc2ccc3c(c2)OCO3)cc1. The zero-order valence-electron chi connectivity index (χ0n) is 15.9. The zero-order valence-corrected chi connectivity index (χ0v) is 17.6. The molecule has 1 heterocycles. The Balaban J connectivity index is 1.90. The van der Waals surface area contributed by atoms with Crippen molar-refractivity contribution in [3.63, 3.8) is 0 Å². The van der Waals surface area contributed by atoms with Gasteiger partial charge in [-0.15, -0.1) is 0 Å². The highest BCUT2D eigenvalue weighted by Crippen LogP contribution is 2.33. The number of nitrogens with zero attached hydrogens (tertiary/aromatic N) is 1. The molecule has 1 amide bonds. The molecule has 0 unspecified atom stereocenters. The Labute approximate surface area is 174 Å². The first kappa shape index (κ1) is 22.0. The van der Waals surface area contributed by atoms with Gasteiger partial charge in [0.25, 0.3) is 0 Å². The molecule has 2 aromatic carbocycles. The van der Waals surface area contributed by atoms with Crippen LogP contribution in [0.2, 0.25) is 0 Å². The highest BCUT2D eigenvalue weighted by Gasteiger charge is 2.26. The first-order valence-corrected chi connectivity index (χ1v) is 12.1. The van der Waals surface area contributed by atoms with Crippen LogP contribution in [0, 0.1) is 0 Å². The minimum absolute atomic E-state index is 0.0107. The molecule has 1 aliphatic heterocycles. The van der Waals surface area contributed by atoms with Gasteiger partial charge in [-0.1, -0.05) is 6.07 Å². The number of sulfonamides is 1. The number of ether oxygens (including phenoxy) is 2. The lowest BCUT2D eigenvalue weighted by Crippen LogP contribution is -2.34. The molecule has 0 saturated carbocycles. The zero-order chi connectivity index (χ0) is 21.9. The van der Waals surface area contributed by atoms with Gasteiger partial charge < -0.3 is 9.47 Å². The Kier molecular flexibility index (Phi) is 6.31. The van der Waals surface area contributed by atoms with Crippen molar-refractivity contribution in [2.24, 2.45) is 0 Å². The van der Waals surface area contributed by atoms with Crippen LogP contribution in [-0.2, 0) is 31.2 Å². The number of nitrogens with one attached hydrogen (secondary N) is 1. The van der Waals surface area contributed by atoms with E-state index in [1.54, 1.807) is 18.2 Å². The number of hydrogen-bond acceptors (Lipinski definition) is 8. The van der Waals surface area contributed by atoms with E-state index in [2.05, 4.69) is 0 Å². The Morgan fingerprint density at radius 1 is 1.03 bits per heavy atom. The highest BCUT2D eigenvalue weighted by molar-refractivity contribution is 7.90. The third kappa shape index (κ3) is 4.90. The van der Waals surface area contributed by atoms with Crippen molar-refractivity contribution in [2.45, 2.75) is 22.8 Å². The van der Waals surface area contributed by atoms with E-state index < -0.39 is 25.8 Å². The summed E-state index contributed by atoms with van der Waals surface area (Å²) in [6.07, 6.45) is 0.748. The quantitative estimate of drug-likeness (QED) is 0.441. The van der Waals surface area contributed by atoms with Crippen molar-refractivity contribution in [2.75, 3.05) is 19.6 Å². The molecule has 10 nitrogen and oxygen atoms in total. The molecular formula is C18H20N2O8S2. The predicted octanol–water partition coefficient (Wildman–Crippen LogP) is 0.905. The van der Waals surface area contributed by atoms with Crippen molar-refractivity contribution >= 4 is 25.8 Å². The van der Waals surface area contributed by atoms with E-state index in [9.17, 15) is 21.6 Å². The molecular weight excluding hydrogens is 436 g/mol. The number of carbonyl (C=O) groups is 1. The maximum Gasteiger partial charge on any atom is 0.244 e. The predicted molar refractivity (Wildman–Crippen MR) is 104 cm³/mol.